The van der Waals surface area contributed by atoms with Gasteiger partial charge in [-0.2, -0.15) is 8.78 Å². The molecule has 0 fully saturated rings. The molecule has 4 heteroatoms. The molecule has 1 aromatic heterocycles. The molecule has 0 unspecified atom stereocenters. The lowest BCUT2D eigenvalue weighted by Gasteiger charge is -2.11. The molecular weight excluding hydrogens is 176 g/mol. The number of aromatic nitrogens is 1. The Hall–Kier alpha value is -1.32. The van der Waals surface area contributed by atoms with Gasteiger partial charge in [-0.25, -0.2) is 0 Å². The van der Waals surface area contributed by atoms with Crippen LogP contribution >= 0.6 is 0 Å². The fourth-order valence-electron chi connectivity index (χ4n) is 0.834. The predicted octanol–water partition coefficient (Wildman–Crippen LogP) is 2.07. The molecule has 70 valence electrons. The van der Waals surface area contributed by atoms with Gasteiger partial charge in [-0.1, -0.05) is 6.07 Å². The third kappa shape index (κ3) is 1.88. The number of nitrogens with zero attached hydrogens (tertiary/aromatic N) is 1. The van der Waals surface area contributed by atoms with Crippen LogP contribution in [0.15, 0.2) is 18.3 Å². The summed E-state index contributed by atoms with van der Waals surface area (Å²) in [6.45, 7) is 2.59. The number of hydrogen-bond acceptors (Lipinski definition) is 2. The van der Waals surface area contributed by atoms with Crippen molar-refractivity contribution in [2.75, 3.05) is 0 Å². The molecule has 0 saturated heterocycles. The molecule has 1 rings (SSSR count). The second-order valence-electron chi connectivity index (χ2n) is 2.85. The van der Waals surface area contributed by atoms with E-state index in [1.807, 2.05) is 0 Å². The number of rotatable bonds is 2. The maximum atomic E-state index is 13.0. The van der Waals surface area contributed by atoms with Gasteiger partial charge in [0.1, 0.15) is 5.69 Å². The molecule has 0 aliphatic carbocycles. The van der Waals surface area contributed by atoms with E-state index in [-0.39, 0.29) is 0 Å². The standard InChI is InChI=1S/C9H9F2NO/c1-6-3-4-8(12-5-6)9(10,11)7(2)13/h3-5H,1-2H3. The number of carbonyl (C=O) groups excluding carboxylic acids is 1. The van der Waals surface area contributed by atoms with Crippen molar-refractivity contribution in [1.29, 1.82) is 0 Å². The SMILES string of the molecule is CC(=O)C(F)(F)c1ccc(C)cn1. The van der Waals surface area contributed by atoms with Gasteiger partial charge in [-0.3, -0.25) is 9.78 Å². The van der Waals surface area contributed by atoms with E-state index in [2.05, 4.69) is 4.98 Å². The smallest absolute Gasteiger partial charge is 0.293 e. The zero-order valence-corrected chi connectivity index (χ0v) is 7.34. The van der Waals surface area contributed by atoms with Crippen molar-refractivity contribution in [1.82, 2.24) is 4.98 Å². The molecule has 0 radical (unpaired) electrons. The molecule has 0 aliphatic rings. The topological polar surface area (TPSA) is 30.0 Å². The second-order valence-corrected chi connectivity index (χ2v) is 2.85. The van der Waals surface area contributed by atoms with Crippen LogP contribution < -0.4 is 0 Å². The number of carbonyl (C=O) groups is 1. The average molecular weight is 185 g/mol. The number of ketones is 1. The molecule has 0 spiro atoms. The first-order chi connectivity index (χ1) is 5.94. The zero-order chi connectivity index (χ0) is 10.1. The van der Waals surface area contributed by atoms with E-state index in [1.54, 1.807) is 6.92 Å². The summed E-state index contributed by atoms with van der Waals surface area (Å²) in [6.07, 6.45) is 1.31. The van der Waals surface area contributed by atoms with Gasteiger partial charge in [0.2, 0.25) is 5.78 Å². The molecular formula is C9H9F2NO. The summed E-state index contributed by atoms with van der Waals surface area (Å²) in [4.78, 5) is 14.1. The summed E-state index contributed by atoms with van der Waals surface area (Å²) in [6, 6.07) is 2.66. The van der Waals surface area contributed by atoms with Gasteiger partial charge in [0.05, 0.1) is 0 Å². The fraction of sp³-hybridized carbons (Fsp3) is 0.333. The van der Waals surface area contributed by atoms with E-state index in [1.165, 1.54) is 12.3 Å². The first-order valence-corrected chi connectivity index (χ1v) is 3.76. The van der Waals surface area contributed by atoms with Gasteiger partial charge in [-0.05, 0) is 18.6 Å². The molecule has 0 aromatic carbocycles. The highest BCUT2D eigenvalue weighted by Crippen LogP contribution is 2.26. The van der Waals surface area contributed by atoms with Crippen molar-refractivity contribution in [3.05, 3.63) is 29.6 Å². The van der Waals surface area contributed by atoms with E-state index in [0.29, 0.717) is 0 Å². The minimum absolute atomic E-state index is 0.495. The zero-order valence-electron chi connectivity index (χ0n) is 7.34. The van der Waals surface area contributed by atoms with Gasteiger partial charge in [-0.15, -0.1) is 0 Å². The lowest BCUT2D eigenvalue weighted by molar-refractivity contribution is -0.142. The molecule has 1 aromatic rings. The Bertz CT molecular complexity index is 319. The Balaban J connectivity index is 3.08. The summed E-state index contributed by atoms with van der Waals surface area (Å²) in [7, 11) is 0. The van der Waals surface area contributed by atoms with Gasteiger partial charge in [0.15, 0.2) is 0 Å². The molecule has 1 heterocycles. The van der Waals surface area contributed by atoms with E-state index < -0.39 is 17.4 Å². The molecule has 0 saturated carbocycles. The molecule has 0 N–H and O–H groups in total. The number of Topliss-reactive ketones (excluding diaryl/α,β-unsaturated/α-hetero) is 1. The monoisotopic (exact) mass is 185 g/mol. The fourth-order valence-corrected chi connectivity index (χ4v) is 0.834. The first-order valence-electron chi connectivity index (χ1n) is 3.76. The van der Waals surface area contributed by atoms with Crippen LogP contribution in [0.4, 0.5) is 8.78 Å². The predicted molar refractivity (Wildman–Crippen MR) is 43.5 cm³/mol. The largest absolute Gasteiger partial charge is 0.346 e. The maximum Gasteiger partial charge on any atom is 0.346 e. The number of alkyl halides is 2. The lowest BCUT2D eigenvalue weighted by Crippen LogP contribution is -2.24. The Morgan fingerprint density at radius 2 is 2.08 bits per heavy atom. The van der Waals surface area contributed by atoms with Gasteiger partial charge >= 0.3 is 5.92 Å². The van der Waals surface area contributed by atoms with Gasteiger partial charge in [0, 0.05) is 13.1 Å². The van der Waals surface area contributed by atoms with Crippen molar-refractivity contribution in [2.45, 2.75) is 19.8 Å². The van der Waals surface area contributed by atoms with Crippen LogP contribution in [-0.4, -0.2) is 10.8 Å². The van der Waals surface area contributed by atoms with Crippen LogP contribution in [0.25, 0.3) is 0 Å². The number of halogens is 2. The summed E-state index contributed by atoms with van der Waals surface area (Å²) in [5.74, 6) is -4.66. The van der Waals surface area contributed by atoms with Crippen molar-refractivity contribution < 1.29 is 13.6 Å². The van der Waals surface area contributed by atoms with Crippen LogP contribution in [0.3, 0.4) is 0 Å². The average Bonchev–Trinajstić information content (AvgIpc) is 2.04. The maximum absolute atomic E-state index is 13.0. The highest BCUT2D eigenvalue weighted by molar-refractivity contribution is 5.83. The van der Waals surface area contributed by atoms with E-state index in [0.717, 1.165) is 18.6 Å². The molecule has 0 bridgehead atoms. The Kier molecular flexibility index (Phi) is 2.40. The first kappa shape index (κ1) is 9.77. The molecule has 2 nitrogen and oxygen atoms in total. The summed E-state index contributed by atoms with van der Waals surface area (Å²) >= 11 is 0. The third-order valence-corrected chi connectivity index (χ3v) is 1.68. The number of pyridine rings is 1. The summed E-state index contributed by atoms with van der Waals surface area (Å²) in [5.41, 5.74) is 0.286. The summed E-state index contributed by atoms with van der Waals surface area (Å²) < 4.78 is 26.0. The van der Waals surface area contributed by atoms with E-state index in [9.17, 15) is 13.6 Å². The molecule has 0 atom stereocenters. The molecule has 0 amide bonds. The highest BCUT2D eigenvalue weighted by atomic mass is 19.3. The molecule has 0 aliphatic heterocycles. The van der Waals surface area contributed by atoms with Crippen LogP contribution in [0.5, 0.6) is 0 Å². The Labute approximate surface area is 74.6 Å². The van der Waals surface area contributed by atoms with Crippen molar-refractivity contribution in [3.63, 3.8) is 0 Å². The van der Waals surface area contributed by atoms with Crippen molar-refractivity contribution in [3.8, 4) is 0 Å². The second kappa shape index (κ2) is 3.20. The minimum atomic E-state index is -3.46. The van der Waals surface area contributed by atoms with Crippen LogP contribution in [-0.2, 0) is 10.7 Å². The van der Waals surface area contributed by atoms with Gasteiger partial charge in [0.25, 0.3) is 0 Å². The van der Waals surface area contributed by atoms with Crippen molar-refractivity contribution in [2.24, 2.45) is 0 Å². The lowest BCUT2D eigenvalue weighted by atomic mass is 10.1. The molecule has 13 heavy (non-hydrogen) atoms. The number of hydrogen-bond donors (Lipinski definition) is 0. The van der Waals surface area contributed by atoms with Crippen LogP contribution in [0.1, 0.15) is 18.2 Å². The van der Waals surface area contributed by atoms with E-state index in [4.69, 9.17) is 0 Å². The normalized spacial score (nSPS) is 11.4. The highest BCUT2D eigenvalue weighted by Gasteiger charge is 2.38. The summed E-state index contributed by atoms with van der Waals surface area (Å²) in [5, 5.41) is 0. The number of aryl methyl sites for hydroxylation is 1. The Morgan fingerprint density at radius 1 is 1.46 bits per heavy atom. The van der Waals surface area contributed by atoms with E-state index >= 15 is 0 Å². The quantitative estimate of drug-likeness (QED) is 0.706. The van der Waals surface area contributed by atoms with Crippen LogP contribution in [0, 0.1) is 6.92 Å². The van der Waals surface area contributed by atoms with Gasteiger partial charge < -0.3 is 0 Å². The third-order valence-electron chi connectivity index (χ3n) is 1.68. The van der Waals surface area contributed by atoms with Crippen LogP contribution in [0.2, 0.25) is 0 Å². The Morgan fingerprint density at radius 3 is 2.46 bits per heavy atom. The van der Waals surface area contributed by atoms with Crippen molar-refractivity contribution >= 4 is 5.78 Å². The minimum Gasteiger partial charge on any atom is -0.293 e.